The Kier molecular flexibility index (Phi) is 6.20. The smallest absolute Gasteiger partial charge is 0.352 e. The summed E-state index contributed by atoms with van der Waals surface area (Å²) in [5.74, 6) is -0.187. The van der Waals surface area contributed by atoms with Crippen LogP contribution in [0.25, 0.3) is 0 Å². The second-order valence-corrected chi connectivity index (χ2v) is 6.14. The average molecular weight is 350 g/mol. The summed E-state index contributed by atoms with van der Waals surface area (Å²) < 4.78 is 37.6. The molecule has 0 atom stereocenters. The summed E-state index contributed by atoms with van der Waals surface area (Å²) in [6, 6.07) is 12.4. The number of carbonyl (C=O) groups excluding carboxylic acids is 1. The monoisotopic (exact) mass is 350 g/mol. The second-order valence-electron chi connectivity index (χ2n) is 6.14. The largest absolute Gasteiger partial charge is 0.416 e. The molecule has 134 valence electrons. The van der Waals surface area contributed by atoms with Crippen LogP contribution in [0.2, 0.25) is 0 Å². The number of hydrogen-bond donors (Lipinski definition) is 1. The minimum Gasteiger partial charge on any atom is -0.352 e. The molecule has 0 aliphatic rings. The van der Waals surface area contributed by atoms with E-state index in [1.54, 1.807) is 6.07 Å². The van der Waals surface area contributed by atoms with Gasteiger partial charge < -0.3 is 10.2 Å². The number of carbonyl (C=O) groups is 1. The molecule has 0 heterocycles. The standard InChI is InChI=1S/C19H21F3N2O/c1-24(2)13-15-4-3-5-16(12-15)18(25)23-11-10-14-6-8-17(9-7-14)19(20,21)22/h3-9,12H,10-11,13H2,1-2H3,(H,23,25). The highest BCUT2D eigenvalue weighted by Crippen LogP contribution is 2.29. The van der Waals surface area contributed by atoms with Gasteiger partial charge in [0.1, 0.15) is 0 Å². The number of halogens is 3. The number of benzene rings is 2. The number of amides is 1. The molecule has 0 saturated heterocycles. The first-order chi connectivity index (χ1) is 11.8. The molecule has 1 amide bonds. The molecule has 25 heavy (non-hydrogen) atoms. The highest BCUT2D eigenvalue weighted by molar-refractivity contribution is 5.94. The van der Waals surface area contributed by atoms with E-state index in [9.17, 15) is 18.0 Å². The van der Waals surface area contributed by atoms with Gasteiger partial charge in [-0.3, -0.25) is 4.79 Å². The Morgan fingerprint density at radius 2 is 1.72 bits per heavy atom. The maximum Gasteiger partial charge on any atom is 0.416 e. The van der Waals surface area contributed by atoms with E-state index in [0.29, 0.717) is 18.5 Å². The first-order valence-corrected chi connectivity index (χ1v) is 7.94. The number of rotatable bonds is 6. The number of hydrogen-bond acceptors (Lipinski definition) is 2. The van der Waals surface area contributed by atoms with Crippen molar-refractivity contribution >= 4 is 5.91 Å². The van der Waals surface area contributed by atoms with Crippen molar-refractivity contribution in [2.24, 2.45) is 0 Å². The average Bonchev–Trinajstić information content (AvgIpc) is 2.54. The van der Waals surface area contributed by atoms with Crippen LogP contribution in [0.3, 0.4) is 0 Å². The van der Waals surface area contributed by atoms with Crippen LogP contribution in [0.1, 0.15) is 27.0 Å². The van der Waals surface area contributed by atoms with E-state index < -0.39 is 11.7 Å². The molecule has 0 radical (unpaired) electrons. The molecular formula is C19H21F3N2O. The molecule has 1 N–H and O–H groups in total. The van der Waals surface area contributed by atoms with E-state index >= 15 is 0 Å². The Balaban J connectivity index is 1.88. The highest BCUT2D eigenvalue weighted by Gasteiger charge is 2.29. The van der Waals surface area contributed by atoms with Crippen LogP contribution >= 0.6 is 0 Å². The van der Waals surface area contributed by atoms with Crippen LogP contribution in [-0.2, 0) is 19.1 Å². The summed E-state index contributed by atoms with van der Waals surface area (Å²) in [5.41, 5.74) is 1.69. The number of nitrogens with zero attached hydrogens (tertiary/aromatic N) is 1. The third-order valence-electron chi connectivity index (χ3n) is 3.67. The fraction of sp³-hybridized carbons (Fsp3) is 0.316. The molecule has 0 saturated carbocycles. The molecule has 0 aliphatic carbocycles. The zero-order valence-corrected chi connectivity index (χ0v) is 14.2. The normalized spacial score (nSPS) is 11.6. The molecule has 0 spiro atoms. The van der Waals surface area contributed by atoms with Crippen molar-refractivity contribution in [2.45, 2.75) is 19.1 Å². The fourth-order valence-electron chi connectivity index (χ4n) is 2.46. The summed E-state index contributed by atoms with van der Waals surface area (Å²) >= 11 is 0. The fourth-order valence-corrected chi connectivity index (χ4v) is 2.46. The zero-order chi connectivity index (χ0) is 18.4. The number of alkyl halides is 3. The van der Waals surface area contributed by atoms with Crippen molar-refractivity contribution in [2.75, 3.05) is 20.6 Å². The first-order valence-electron chi connectivity index (χ1n) is 7.94. The van der Waals surface area contributed by atoms with E-state index in [4.69, 9.17) is 0 Å². The quantitative estimate of drug-likeness (QED) is 0.861. The van der Waals surface area contributed by atoms with Gasteiger partial charge in [0.05, 0.1) is 5.56 Å². The lowest BCUT2D eigenvalue weighted by Crippen LogP contribution is -2.26. The number of nitrogens with one attached hydrogen (secondary N) is 1. The summed E-state index contributed by atoms with van der Waals surface area (Å²) in [5, 5.41) is 2.80. The predicted octanol–water partition coefficient (Wildman–Crippen LogP) is 3.74. The summed E-state index contributed by atoms with van der Waals surface area (Å²) in [6.07, 6.45) is -3.86. The Labute approximate surface area is 145 Å². The summed E-state index contributed by atoms with van der Waals surface area (Å²) in [6.45, 7) is 1.11. The van der Waals surface area contributed by atoms with Crippen molar-refractivity contribution in [3.63, 3.8) is 0 Å². The van der Waals surface area contributed by atoms with Gasteiger partial charge in [0, 0.05) is 18.7 Å². The minimum absolute atomic E-state index is 0.187. The molecule has 0 unspecified atom stereocenters. The van der Waals surface area contributed by atoms with E-state index in [1.807, 2.05) is 37.2 Å². The molecule has 0 aliphatic heterocycles. The predicted molar refractivity (Wildman–Crippen MR) is 91.3 cm³/mol. The highest BCUT2D eigenvalue weighted by atomic mass is 19.4. The lowest BCUT2D eigenvalue weighted by atomic mass is 10.1. The van der Waals surface area contributed by atoms with Crippen LogP contribution in [0, 0.1) is 0 Å². The van der Waals surface area contributed by atoms with Crippen LogP contribution < -0.4 is 5.32 Å². The Morgan fingerprint density at radius 3 is 2.32 bits per heavy atom. The first kappa shape index (κ1) is 19.0. The van der Waals surface area contributed by atoms with Crippen molar-refractivity contribution < 1.29 is 18.0 Å². The van der Waals surface area contributed by atoms with Crippen molar-refractivity contribution in [3.8, 4) is 0 Å². The van der Waals surface area contributed by atoms with Gasteiger partial charge in [-0.15, -0.1) is 0 Å². The van der Waals surface area contributed by atoms with Gasteiger partial charge >= 0.3 is 6.18 Å². The van der Waals surface area contributed by atoms with Gasteiger partial charge in [-0.2, -0.15) is 13.2 Å². The Morgan fingerprint density at radius 1 is 1.04 bits per heavy atom. The summed E-state index contributed by atoms with van der Waals surface area (Å²) in [7, 11) is 3.91. The lowest BCUT2D eigenvalue weighted by molar-refractivity contribution is -0.137. The van der Waals surface area contributed by atoms with E-state index in [2.05, 4.69) is 5.32 Å². The maximum atomic E-state index is 12.5. The van der Waals surface area contributed by atoms with Crippen LogP contribution in [0.4, 0.5) is 13.2 Å². The van der Waals surface area contributed by atoms with E-state index in [-0.39, 0.29) is 5.91 Å². The van der Waals surface area contributed by atoms with Gasteiger partial charge in [-0.05, 0) is 55.9 Å². The molecule has 0 bridgehead atoms. The minimum atomic E-state index is -4.33. The van der Waals surface area contributed by atoms with Crippen molar-refractivity contribution in [1.29, 1.82) is 0 Å². The van der Waals surface area contributed by atoms with Crippen LogP contribution in [0.5, 0.6) is 0 Å². The zero-order valence-electron chi connectivity index (χ0n) is 14.2. The Bertz CT molecular complexity index is 709. The van der Waals surface area contributed by atoms with E-state index in [0.717, 1.165) is 29.8 Å². The van der Waals surface area contributed by atoms with E-state index in [1.165, 1.54) is 12.1 Å². The third-order valence-corrected chi connectivity index (χ3v) is 3.67. The second kappa shape index (κ2) is 8.16. The topological polar surface area (TPSA) is 32.3 Å². The molecule has 2 aromatic carbocycles. The van der Waals surface area contributed by atoms with Crippen molar-refractivity contribution in [3.05, 3.63) is 70.8 Å². The molecule has 2 rings (SSSR count). The van der Waals surface area contributed by atoms with Crippen LogP contribution in [0.15, 0.2) is 48.5 Å². The maximum absolute atomic E-state index is 12.5. The third kappa shape index (κ3) is 5.90. The van der Waals surface area contributed by atoms with Crippen LogP contribution in [-0.4, -0.2) is 31.4 Å². The summed E-state index contributed by atoms with van der Waals surface area (Å²) in [4.78, 5) is 14.2. The SMILES string of the molecule is CN(C)Cc1cccc(C(=O)NCCc2ccc(C(F)(F)F)cc2)c1. The molecule has 0 aromatic heterocycles. The lowest BCUT2D eigenvalue weighted by Gasteiger charge is -2.11. The van der Waals surface area contributed by atoms with Gasteiger partial charge in [-0.1, -0.05) is 24.3 Å². The van der Waals surface area contributed by atoms with Gasteiger partial charge in [-0.25, -0.2) is 0 Å². The molecule has 3 nitrogen and oxygen atoms in total. The molecule has 0 fully saturated rings. The molecule has 2 aromatic rings. The van der Waals surface area contributed by atoms with Gasteiger partial charge in [0.25, 0.3) is 5.91 Å². The van der Waals surface area contributed by atoms with Gasteiger partial charge in [0.2, 0.25) is 0 Å². The molecular weight excluding hydrogens is 329 g/mol. The van der Waals surface area contributed by atoms with Crippen molar-refractivity contribution in [1.82, 2.24) is 10.2 Å². The molecule has 6 heteroatoms. The van der Waals surface area contributed by atoms with Gasteiger partial charge in [0.15, 0.2) is 0 Å². The Hall–Kier alpha value is -2.34.